The second-order valence-electron chi connectivity index (χ2n) is 6.03. The van der Waals surface area contributed by atoms with E-state index in [4.69, 9.17) is 5.73 Å². The van der Waals surface area contributed by atoms with Crippen LogP contribution in [0.15, 0.2) is 30.3 Å². The fourth-order valence-electron chi connectivity index (χ4n) is 3.10. The maximum atomic E-state index is 12.0. The lowest BCUT2D eigenvalue weighted by Crippen LogP contribution is -2.49. The fourth-order valence-corrected chi connectivity index (χ4v) is 3.10. The van der Waals surface area contributed by atoms with Gasteiger partial charge in [-0.05, 0) is 25.3 Å². The molecular formula is C17H28ClN3O. The summed E-state index contributed by atoms with van der Waals surface area (Å²) >= 11 is 0. The lowest BCUT2D eigenvalue weighted by Gasteiger charge is -2.41. The maximum Gasteiger partial charge on any atom is 0.223 e. The summed E-state index contributed by atoms with van der Waals surface area (Å²) in [5.41, 5.74) is 6.83. The van der Waals surface area contributed by atoms with Gasteiger partial charge in [0.1, 0.15) is 0 Å². The van der Waals surface area contributed by atoms with Crippen molar-refractivity contribution < 1.29 is 4.79 Å². The van der Waals surface area contributed by atoms with E-state index >= 15 is 0 Å². The molecule has 2 N–H and O–H groups in total. The molecule has 0 aromatic heterocycles. The van der Waals surface area contributed by atoms with Gasteiger partial charge in [0.25, 0.3) is 0 Å². The molecule has 0 aliphatic carbocycles. The molecule has 1 aliphatic heterocycles. The van der Waals surface area contributed by atoms with Gasteiger partial charge in [-0.25, -0.2) is 0 Å². The lowest BCUT2D eigenvalue weighted by molar-refractivity contribution is -0.133. The van der Waals surface area contributed by atoms with Gasteiger partial charge >= 0.3 is 0 Å². The van der Waals surface area contributed by atoms with E-state index in [9.17, 15) is 4.79 Å². The van der Waals surface area contributed by atoms with Crippen LogP contribution in [-0.4, -0.2) is 47.9 Å². The van der Waals surface area contributed by atoms with Crippen LogP contribution in [0.2, 0.25) is 0 Å². The average Bonchev–Trinajstić information content (AvgIpc) is 2.50. The number of carbonyl (C=O) groups excluding carboxylic acids is 1. The van der Waals surface area contributed by atoms with Crippen molar-refractivity contribution in [2.75, 3.05) is 20.1 Å². The molecule has 1 amide bonds. The van der Waals surface area contributed by atoms with Crippen molar-refractivity contribution in [2.24, 2.45) is 5.73 Å². The Morgan fingerprint density at radius 3 is 2.64 bits per heavy atom. The molecule has 0 saturated carbocycles. The first-order chi connectivity index (χ1) is 10.1. The van der Waals surface area contributed by atoms with Gasteiger partial charge < -0.3 is 10.6 Å². The van der Waals surface area contributed by atoms with Crippen LogP contribution in [0.3, 0.4) is 0 Å². The van der Waals surface area contributed by atoms with E-state index in [-0.39, 0.29) is 18.3 Å². The zero-order valence-electron chi connectivity index (χ0n) is 13.6. The van der Waals surface area contributed by atoms with Crippen molar-refractivity contribution in [1.29, 1.82) is 0 Å². The number of rotatable bonds is 5. The summed E-state index contributed by atoms with van der Waals surface area (Å²) in [5.74, 6) is 0.172. The molecule has 1 heterocycles. The van der Waals surface area contributed by atoms with Crippen LogP contribution in [-0.2, 0) is 11.3 Å². The van der Waals surface area contributed by atoms with E-state index in [0.29, 0.717) is 25.0 Å². The van der Waals surface area contributed by atoms with Crippen molar-refractivity contribution in [3.8, 4) is 0 Å². The van der Waals surface area contributed by atoms with E-state index in [1.54, 1.807) is 0 Å². The molecule has 0 bridgehead atoms. The van der Waals surface area contributed by atoms with E-state index in [0.717, 1.165) is 25.9 Å². The average molecular weight is 326 g/mol. The van der Waals surface area contributed by atoms with Crippen LogP contribution in [0, 0.1) is 0 Å². The molecule has 1 aromatic carbocycles. The number of carbonyl (C=O) groups is 1. The van der Waals surface area contributed by atoms with Crippen LogP contribution in [0.4, 0.5) is 0 Å². The van der Waals surface area contributed by atoms with Crippen molar-refractivity contribution in [3.05, 3.63) is 35.9 Å². The first kappa shape index (κ1) is 18.9. The normalized spacial score (nSPS) is 22.0. The number of hydrogen-bond donors (Lipinski definition) is 1. The summed E-state index contributed by atoms with van der Waals surface area (Å²) in [6.07, 6.45) is 2.54. The Morgan fingerprint density at radius 1 is 1.36 bits per heavy atom. The third-order valence-electron chi connectivity index (χ3n) is 4.51. The Hall–Kier alpha value is -1.10. The number of piperidine rings is 1. The largest absolute Gasteiger partial charge is 0.343 e. The SMILES string of the molecule is CC1CC(N(C)C(=O)CCN)CCN1Cc1ccccc1.Cl. The zero-order valence-corrected chi connectivity index (χ0v) is 14.4. The number of amides is 1. The molecule has 1 fully saturated rings. The summed E-state index contributed by atoms with van der Waals surface area (Å²) in [6, 6.07) is 11.4. The van der Waals surface area contributed by atoms with Gasteiger partial charge in [0, 0.05) is 45.2 Å². The van der Waals surface area contributed by atoms with Crippen molar-refractivity contribution in [2.45, 2.75) is 44.8 Å². The molecule has 0 spiro atoms. The van der Waals surface area contributed by atoms with Gasteiger partial charge in [-0.15, -0.1) is 12.4 Å². The molecule has 2 unspecified atom stereocenters. The number of benzene rings is 1. The minimum absolute atomic E-state index is 0. The first-order valence-corrected chi connectivity index (χ1v) is 7.85. The third kappa shape index (κ3) is 4.97. The predicted octanol–water partition coefficient (Wildman–Crippen LogP) is 2.27. The van der Waals surface area contributed by atoms with E-state index < -0.39 is 0 Å². The molecule has 5 heteroatoms. The van der Waals surface area contributed by atoms with E-state index in [1.807, 2.05) is 11.9 Å². The van der Waals surface area contributed by atoms with Crippen LogP contribution in [0.5, 0.6) is 0 Å². The third-order valence-corrected chi connectivity index (χ3v) is 4.51. The van der Waals surface area contributed by atoms with Crippen LogP contribution in [0.1, 0.15) is 31.7 Å². The quantitative estimate of drug-likeness (QED) is 0.903. The molecule has 1 aromatic rings. The maximum absolute atomic E-state index is 12.0. The van der Waals surface area contributed by atoms with Crippen molar-refractivity contribution in [1.82, 2.24) is 9.80 Å². The Balaban J connectivity index is 0.00000242. The summed E-state index contributed by atoms with van der Waals surface area (Å²) < 4.78 is 0. The zero-order chi connectivity index (χ0) is 15.2. The lowest BCUT2D eigenvalue weighted by atomic mass is 9.96. The minimum Gasteiger partial charge on any atom is -0.343 e. The minimum atomic E-state index is 0. The second kappa shape index (κ2) is 9.13. The highest BCUT2D eigenvalue weighted by Gasteiger charge is 2.29. The number of nitrogens with zero attached hydrogens (tertiary/aromatic N) is 2. The number of halogens is 1. The Bertz CT molecular complexity index is 454. The molecule has 2 rings (SSSR count). The Labute approximate surface area is 140 Å². The highest BCUT2D eigenvalue weighted by Crippen LogP contribution is 2.23. The molecular weight excluding hydrogens is 298 g/mol. The van der Waals surface area contributed by atoms with Crippen molar-refractivity contribution in [3.63, 3.8) is 0 Å². The molecule has 124 valence electrons. The van der Waals surface area contributed by atoms with Crippen molar-refractivity contribution >= 4 is 18.3 Å². The van der Waals surface area contributed by atoms with Gasteiger partial charge in [-0.1, -0.05) is 30.3 Å². The number of likely N-dealkylation sites (tertiary alicyclic amines) is 1. The number of hydrogen-bond acceptors (Lipinski definition) is 3. The standard InChI is InChI=1S/C17H27N3O.ClH/c1-14-12-16(19(2)17(21)8-10-18)9-11-20(14)13-15-6-4-3-5-7-15;/h3-7,14,16H,8-13,18H2,1-2H3;1H. The van der Waals surface area contributed by atoms with Crippen LogP contribution in [0.25, 0.3) is 0 Å². The van der Waals surface area contributed by atoms with E-state index in [2.05, 4.69) is 42.2 Å². The monoisotopic (exact) mass is 325 g/mol. The molecule has 2 atom stereocenters. The molecule has 4 nitrogen and oxygen atoms in total. The second-order valence-corrected chi connectivity index (χ2v) is 6.03. The van der Waals surface area contributed by atoms with Gasteiger partial charge in [0.15, 0.2) is 0 Å². The van der Waals surface area contributed by atoms with Gasteiger partial charge in [0.05, 0.1) is 0 Å². The molecule has 0 radical (unpaired) electrons. The fraction of sp³-hybridized carbons (Fsp3) is 0.588. The summed E-state index contributed by atoms with van der Waals surface area (Å²) in [5, 5.41) is 0. The van der Waals surface area contributed by atoms with Gasteiger partial charge in [-0.3, -0.25) is 9.69 Å². The summed E-state index contributed by atoms with van der Waals surface area (Å²) in [4.78, 5) is 16.4. The van der Waals surface area contributed by atoms with Crippen LogP contribution < -0.4 is 5.73 Å². The highest BCUT2D eigenvalue weighted by molar-refractivity contribution is 5.85. The first-order valence-electron chi connectivity index (χ1n) is 7.85. The smallest absolute Gasteiger partial charge is 0.223 e. The van der Waals surface area contributed by atoms with Crippen LogP contribution >= 0.6 is 12.4 Å². The topological polar surface area (TPSA) is 49.6 Å². The highest BCUT2D eigenvalue weighted by atomic mass is 35.5. The Morgan fingerprint density at radius 2 is 2.05 bits per heavy atom. The molecule has 1 saturated heterocycles. The number of nitrogens with two attached hydrogens (primary N) is 1. The predicted molar refractivity (Wildman–Crippen MR) is 93.0 cm³/mol. The summed E-state index contributed by atoms with van der Waals surface area (Å²) in [7, 11) is 1.92. The summed E-state index contributed by atoms with van der Waals surface area (Å²) in [6.45, 7) is 4.73. The Kier molecular flexibility index (Phi) is 7.87. The molecule has 22 heavy (non-hydrogen) atoms. The van der Waals surface area contributed by atoms with E-state index in [1.165, 1.54) is 5.56 Å². The van der Waals surface area contributed by atoms with Gasteiger partial charge in [0.2, 0.25) is 5.91 Å². The van der Waals surface area contributed by atoms with Gasteiger partial charge in [-0.2, -0.15) is 0 Å². The molecule has 1 aliphatic rings.